The second-order valence-electron chi connectivity index (χ2n) is 3.45. The second-order valence-corrected chi connectivity index (χ2v) is 3.45. The molecule has 3 heteroatoms. The van der Waals surface area contributed by atoms with Crippen molar-refractivity contribution in [3.8, 4) is 0 Å². The third kappa shape index (κ3) is 2.43. The molecule has 0 radical (unpaired) electrons. The third-order valence-electron chi connectivity index (χ3n) is 2.56. The second kappa shape index (κ2) is 4.73. The van der Waals surface area contributed by atoms with Crippen LogP contribution in [0.1, 0.15) is 27.0 Å². The Morgan fingerprint density at radius 3 is 2.60 bits per heavy atom. The van der Waals surface area contributed by atoms with Gasteiger partial charge in [-0.2, -0.15) is 0 Å². The highest BCUT2D eigenvalue weighted by Crippen LogP contribution is 2.17. The van der Waals surface area contributed by atoms with Crippen molar-refractivity contribution in [2.45, 2.75) is 20.3 Å². The van der Waals surface area contributed by atoms with Gasteiger partial charge >= 0.3 is 5.97 Å². The van der Waals surface area contributed by atoms with Crippen LogP contribution in [0.3, 0.4) is 0 Å². The van der Waals surface area contributed by atoms with E-state index in [0.717, 1.165) is 23.0 Å². The molecule has 3 nitrogen and oxygen atoms in total. The summed E-state index contributed by atoms with van der Waals surface area (Å²) in [5, 5.41) is 0. The van der Waals surface area contributed by atoms with Gasteiger partial charge in [-0.1, -0.05) is 12.1 Å². The Hall–Kier alpha value is -1.64. The summed E-state index contributed by atoms with van der Waals surface area (Å²) in [5.74, 6) is -0.332. The first-order valence-electron chi connectivity index (χ1n) is 4.71. The van der Waals surface area contributed by atoms with E-state index in [0.29, 0.717) is 5.56 Å². The molecule has 0 aliphatic heterocycles. The van der Waals surface area contributed by atoms with Crippen LogP contribution in [0, 0.1) is 13.8 Å². The van der Waals surface area contributed by atoms with E-state index in [1.54, 1.807) is 6.07 Å². The van der Waals surface area contributed by atoms with Gasteiger partial charge in [-0.3, -0.25) is 9.59 Å². The average molecular weight is 206 g/mol. The molecular formula is C12H14O3. The van der Waals surface area contributed by atoms with Gasteiger partial charge in [-0.05, 0) is 30.5 Å². The van der Waals surface area contributed by atoms with Crippen LogP contribution in [0.2, 0.25) is 0 Å². The quantitative estimate of drug-likeness (QED) is 0.559. The number of esters is 1. The molecule has 1 aromatic carbocycles. The zero-order valence-corrected chi connectivity index (χ0v) is 9.16. The fourth-order valence-corrected chi connectivity index (χ4v) is 1.44. The number of carbonyl (C=O) groups excluding carboxylic acids is 2. The fraction of sp³-hybridized carbons (Fsp3) is 0.333. The highest BCUT2D eigenvalue weighted by molar-refractivity contribution is 5.83. The lowest BCUT2D eigenvalue weighted by atomic mass is 9.97. The molecule has 0 amide bonds. The van der Waals surface area contributed by atoms with Gasteiger partial charge in [-0.25, -0.2) is 0 Å². The summed E-state index contributed by atoms with van der Waals surface area (Å²) in [7, 11) is 1.34. The number of aryl methyl sites for hydroxylation is 1. The molecule has 0 fully saturated rings. The van der Waals surface area contributed by atoms with Crippen molar-refractivity contribution in [3.05, 3.63) is 34.4 Å². The molecule has 0 spiro atoms. The van der Waals surface area contributed by atoms with Crippen LogP contribution >= 0.6 is 0 Å². The van der Waals surface area contributed by atoms with Gasteiger partial charge in [0.2, 0.25) is 0 Å². The lowest BCUT2D eigenvalue weighted by molar-refractivity contribution is -0.139. The Morgan fingerprint density at radius 2 is 2.07 bits per heavy atom. The number of benzene rings is 1. The van der Waals surface area contributed by atoms with Crippen LogP contribution in [-0.4, -0.2) is 19.4 Å². The van der Waals surface area contributed by atoms with Gasteiger partial charge in [0.15, 0.2) is 6.29 Å². The lowest BCUT2D eigenvalue weighted by Gasteiger charge is -2.08. The molecule has 0 heterocycles. The van der Waals surface area contributed by atoms with Crippen molar-refractivity contribution in [1.82, 2.24) is 0 Å². The molecular weight excluding hydrogens is 192 g/mol. The van der Waals surface area contributed by atoms with Gasteiger partial charge < -0.3 is 4.74 Å². The molecule has 15 heavy (non-hydrogen) atoms. The number of aldehydes is 1. The van der Waals surface area contributed by atoms with Crippen molar-refractivity contribution in [2.24, 2.45) is 0 Å². The smallest absolute Gasteiger partial charge is 0.310 e. The predicted octanol–water partition coefficient (Wildman–Crippen LogP) is 1.83. The molecule has 0 unspecified atom stereocenters. The zero-order valence-electron chi connectivity index (χ0n) is 9.16. The van der Waals surface area contributed by atoms with Crippen molar-refractivity contribution in [2.75, 3.05) is 7.11 Å². The largest absolute Gasteiger partial charge is 0.469 e. The molecule has 0 aliphatic carbocycles. The Balaban J connectivity index is 3.13. The number of ether oxygens (including phenoxy) is 1. The zero-order chi connectivity index (χ0) is 11.4. The molecule has 0 saturated carbocycles. The molecule has 0 N–H and O–H groups in total. The summed E-state index contributed by atoms with van der Waals surface area (Å²) < 4.78 is 4.57. The van der Waals surface area contributed by atoms with Crippen molar-refractivity contribution in [3.63, 3.8) is 0 Å². The maximum absolute atomic E-state index is 11.1. The molecule has 0 bridgehead atoms. The Labute approximate surface area is 89.1 Å². The summed E-state index contributed by atoms with van der Waals surface area (Å²) in [6.07, 6.45) is 0.937. The lowest BCUT2D eigenvalue weighted by Crippen LogP contribution is -2.08. The van der Waals surface area contributed by atoms with Crippen LogP contribution in [0.5, 0.6) is 0 Å². The molecule has 1 rings (SSSR count). The number of hydrogen-bond acceptors (Lipinski definition) is 3. The minimum atomic E-state index is -0.332. The Bertz CT molecular complexity index is 394. The minimum absolute atomic E-state index is 0.145. The van der Waals surface area contributed by atoms with E-state index in [1.807, 2.05) is 19.9 Å². The van der Waals surface area contributed by atoms with E-state index in [4.69, 9.17) is 0 Å². The van der Waals surface area contributed by atoms with E-state index in [1.165, 1.54) is 7.11 Å². The van der Waals surface area contributed by atoms with Crippen LogP contribution in [0.25, 0.3) is 0 Å². The topological polar surface area (TPSA) is 43.4 Å². The Kier molecular flexibility index (Phi) is 3.61. The van der Waals surface area contributed by atoms with Crippen molar-refractivity contribution >= 4 is 12.3 Å². The maximum Gasteiger partial charge on any atom is 0.310 e. The normalized spacial score (nSPS) is 9.80. The van der Waals surface area contributed by atoms with Crippen molar-refractivity contribution in [1.29, 1.82) is 0 Å². The van der Waals surface area contributed by atoms with Gasteiger partial charge in [0.25, 0.3) is 0 Å². The van der Waals surface area contributed by atoms with Gasteiger partial charge in [0.1, 0.15) is 0 Å². The Morgan fingerprint density at radius 1 is 1.40 bits per heavy atom. The highest BCUT2D eigenvalue weighted by Gasteiger charge is 2.10. The van der Waals surface area contributed by atoms with E-state index < -0.39 is 0 Å². The number of rotatable bonds is 3. The minimum Gasteiger partial charge on any atom is -0.469 e. The first-order chi connectivity index (χ1) is 7.10. The van der Waals surface area contributed by atoms with E-state index >= 15 is 0 Å². The summed E-state index contributed by atoms with van der Waals surface area (Å²) in [4.78, 5) is 22.0. The summed E-state index contributed by atoms with van der Waals surface area (Å²) in [5.41, 5.74) is 3.29. The summed E-state index contributed by atoms with van der Waals surface area (Å²) >= 11 is 0. The third-order valence-corrected chi connectivity index (χ3v) is 2.56. The van der Waals surface area contributed by atoms with Gasteiger partial charge in [0, 0.05) is 5.56 Å². The first kappa shape index (κ1) is 11.4. The van der Waals surface area contributed by atoms with E-state index in [-0.39, 0.29) is 12.4 Å². The highest BCUT2D eigenvalue weighted by atomic mass is 16.5. The maximum atomic E-state index is 11.1. The molecule has 0 saturated heterocycles. The van der Waals surface area contributed by atoms with Crippen LogP contribution in [0.4, 0.5) is 0 Å². The van der Waals surface area contributed by atoms with Gasteiger partial charge in [-0.15, -0.1) is 0 Å². The molecule has 0 aliphatic rings. The molecule has 80 valence electrons. The van der Waals surface area contributed by atoms with Gasteiger partial charge in [0.05, 0.1) is 13.5 Å². The molecule has 0 atom stereocenters. The number of methoxy groups -OCH3 is 1. The number of carbonyl (C=O) groups is 2. The SMILES string of the molecule is COC(=O)Cc1ccc(C)c(C)c1C=O. The van der Waals surface area contributed by atoms with E-state index in [2.05, 4.69) is 4.74 Å². The standard InChI is InChI=1S/C12H14O3/c1-8-4-5-10(6-12(14)15-3)11(7-13)9(8)2/h4-5,7H,6H2,1-3H3. The monoisotopic (exact) mass is 206 g/mol. The summed E-state index contributed by atoms with van der Waals surface area (Å²) in [6, 6.07) is 3.70. The summed E-state index contributed by atoms with van der Waals surface area (Å²) in [6.45, 7) is 3.81. The average Bonchev–Trinajstić information content (AvgIpc) is 2.24. The predicted molar refractivity (Wildman–Crippen MR) is 57.0 cm³/mol. The van der Waals surface area contributed by atoms with Crippen LogP contribution in [-0.2, 0) is 16.0 Å². The molecule has 0 aromatic heterocycles. The first-order valence-corrected chi connectivity index (χ1v) is 4.71. The van der Waals surface area contributed by atoms with Crippen LogP contribution in [0.15, 0.2) is 12.1 Å². The van der Waals surface area contributed by atoms with Crippen molar-refractivity contribution < 1.29 is 14.3 Å². The molecule has 1 aromatic rings. The van der Waals surface area contributed by atoms with E-state index in [9.17, 15) is 9.59 Å². The number of hydrogen-bond donors (Lipinski definition) is 0. The fourth-order valence-electron chi connectivity index (χ4n) is 1.44. The van der Waals surface area contributed by atoms with Crippen LogP contribution < -0.4 is 0 Å².